The van der Waals surface area contributed by atoms with Gasteiger partial charge in [-0.1, -0.05) is 55.0 Å². The van der Waals surface area contributed by atoms with Gasteiger partial charge in [0.05, 0.1) is 18.0 Å². The third kappa shape index (κ3) is 4.58. The Hall–Kier alpha value is -3.73. The maximum atomic E-state index is 14.1. The van der Waals surface area contributed by atoms with Crippen LogP contribution in [0.1, 0.15) is 43.0 Å². The summed E-state index contributed by atoms with van der Waals surface area (Å²) in [6.45, 7) is 8.70. The third-order valence-corrected chi connectivity index (χ3v) is 7.25. The Balaban J connectivity index is 0.000000161. The zero-order chi connectivity index (χ0) is 26.4. The van der Waals surface area contributed by atoms with E-state index < -0.39 is 0 Å². The van der Waals surface area contributed by atoms with Gasteiger partial charge in [0, 0.05) is 37.9 Å². The van der Waals surface area contributed by atoms with Crippen molar-refractivity contribution in [1.82, 2.24) is 15.0 Å². The number of hydrogen-bond donors (Lipinski definition) is 0. The van der Waals surface area contributed by atoms with Crippen LogP contribution in [-0.4, -0.2) is 15.0 Å². The van der Waals surface area contributed by atoms with E-state index in [0.717, 1.165) is 23.4 Å². The van der Waals surface area contributed by atoms with Gasteiger partial charge in [-0.25, -0.2) is 4.39 Å². The number of aryl methyl sites for hydroxylation is 2. The van der Waals surface area contributed by atoms with E-state index in [1.165, 1.54) is 40.2 Å². The van der Waals surface area contributed by atoms with Crippen molar-refractivity contribution in [3.8, 4) is 22.5 Å². The van der Waals surface area contributed by atoms with Crippen LogP contribution in [0.5, 0.6) is 0 Å². The molecule has 0 spiro atoms. The van der Waals surface area contributed by atoms with E-state index in [-0.39, 0.29) is 31.3 Å². The van der Waals surface area contributed by atoms with Gasteiger partial charge in [-0.15, -0.1) is 53.6 Å². The van der Waals surface area contributed by atoms with Crippen LogP contribution in [0.3, 0.4) is 0 Å². The molecule has 6 heteroatoms. The molecule has 1 aliphatic carbocycles. The maximum absolute atomic E-state index is 14.1. The quantitative estimate of drug-likeness (QED) is 0.173. The van der Waals surface area contributed by atoms with Crippen molar-refractivity contribution in [2.45, 2.75) is 39.5 Å². The monoisotopic (exact) mass is 692 g/mol. The number of aromatic nitrogens is 3. The van der Waals surface area contributed by atoms with Crippen molar-refractivity contribution >= 4 is 21.9 Å². The van der Waals surface area contributed by atoms with E-state index in [9.17, 15) is 4.39 Å². The molecule has 1 aliphatic rings. The molecule has 4 aromatic heterocycles. The number of nitrogens with zero attached hydrogens (tertiary/aromatic N) is 3. The van der Waals surface area contributed by atoms with Crippen LogP contribution < -0.4 is 0 Å². The van der Waals surface area contributed by atoms with Gasteiger partial charge in [-0.05, 0) is 41.8 Å². The largest absolute Gasteiger partial charge is 0.499 e. The molecule has 4 heterocycles. The van der Waals surface area contributed by atoms with Gasteiger partial charge in [-0.3, -0.25) is 4.98 Å². The van der Waals surface area contributed by atoms with Gasteiger partial charge in [-0.2, -0.15) is 0 Å². The molecule has 4 nitrogen and oxygen atoms in total. The molecule has 0 fully saturated rings. The van der Waals surface area contributed by atoms with E-state index in [1.54, 1.807) is 18.3 Å². The molecule has 0 unspecified atom stereocenters. The molecule has 0 atom stereocenters. The Kier molecular flexibility index (Phi) is 7.19. The van der Waals surface area contributed by atoms with E-state index in [1.807, 2.05) is 24.4 Å². The van der Waals surface area contributed by atoms with E-state index in [0.29, 0.717) is 21.9 Å². The van der Waals surface area contributed by atoms with Crippen molar-refractivity contribution in [2.24, 2.45) is 0 Å². The Morgan fingerprint density at radius 2 is 1.77 bits per heavy atom. The minimum absolute atomic E-state index is 0. The van der Waals surface area contributed by atoms with Crippen LogP contribution in [0.2, 0.25) is 0 Å². The molecular formula is C33H26FIrN3O-2. The van der Waals surface area contributed by atoms with Crippen LogP contribution in [0.15, 0.2) is 77.7 Å². The van der Waals surface area contributed by atoms with Crippen molar-refractivity contribution in [2.75, 3.05) is 0 Å². The molecule has 0 saturated carbocycles. The van der Waals surface area contributed by atoms with Gasteiger partial charge in [0.2, 0.25) is 0 Å². The molecule has 0 bridgehead atoms. The van der Waals surface area contributed by atoms with Crippen molar-refractivity contribution < 1.29 is 28.9 Å². The van der Waals surface area contributed by atoms with Crippen LogP contribution in [-0.2, 0) is 31.9 Å². The zero-order valence-corrected chi connectivity index (χ0v) is 24.5. The molecule has 197 valence electrons. The molecule has 0 amide bonds. The second-order valence-electron chi connectivity index (χ2n) is 10.1. The Bertz CT molecular complexity index is 1830. The molecule has 0 N–H and O–H groups in total. The Morgan fingerprint density at radius 1 is 0.949 bits per heavy atom. The summed E-state index contributed by atoms with van der Waals surface area (Å²) in [6, 6.07) is 22.5. The van der Waals surface area contributed by atoms with Crippen molar-refractivity contribution in [1.29, 1.82) is 0 Å². The normalized spacial score (nSPS) is 12.8. The number of fused-ring (bicyclic) bond motifs is 6. The molecule has 39 heavy (non-hydrogen) atoms. The number of furan rings is 1. The number of benzene rings is 2. The Labute approximate surface area is 240 Å². The average molecular weight is 692 g/mol. The summed E-state index contributed by atoms with van der Waals surface area (Å²) in [4.78, 5) is 12.8. The van der Waals surface area contributed by atoms with Gasteiger partial charge < -0.3 is 14.4 Å². The average Bonchev–Trinajstić information content (AvgIpc) is 3.43. The number of hydrogen-bond acceptors (Lipinski definition) is 4. The summed E-state index contributed by atoms with van der Waals surface area (Å²) in [6.07, 6.45) is 7.35. The summed E-state index contributed by atoms with van der Waals surface area (Å²) in [5.74, 6) is -0.385. The van der Waals surface area contributed by atoms with E-state index >= 15 is 0 Å². The fourth-order valence-electron chi connectivity index (χ4n) is 5.22. The minimum Gasteiger partial charge on any atom is -0.499 e. The minimum atomic E-state index is -0.385. The van der Waals surface area contributed by atoms with Crippen LogP contribution >= 0.6 is 0 Å². The SMILES string of the molecule is CCc1ccnc(-c2[c-]ccc3c2oc2cncc(F)c23)c1.Cc1cnc2c(c1)C(C)(C)c1ccc[c-]c1-2.[Ir]. The second-order valence-corrected chi connectivity index (χ2v) is 10.1. The van der Waals surface area contributed by atoms with Crippen LogP contribution in [0.25, 0.3) is 44.5 Å². The molecular weight excluding hydrogens is 666 g/mol. The number of halogens is 1. The van der Waals surface area contributed by atoms with E-state index in [2.05, 4.69) is 73.0 Å². The van der Waals surface area contributed by atoms with Crippen LogP contribution in [0, 0.1) is 24.9 Å². The predicted octanol–water partition coefficient (Wildman–Crippen LogP) is 8.04. The van der Waals surface area contributed by atoms with E-state index in [4.69, 9.17) is 4.42 Å². The molecule has 1 radical (unpaired) electrons. The fourth-order valence-corrected chi connectivity index (χ4v) is 5.22. The van der Waals surface area contributed by atoms with Crippen molar-refractivity contribution in [3.05, 3.63) is 114 Å². The summed E-state index contributed by atoms with van der Waals surface area (Å²) >= 11 is 0. The predicted molar refractivity (Wildman–Crippen MR) is 148 cm³/mol. The maximum Gasteiger partial charge on any atom is 0.151 e. The van der Waals surface area contributed by atoms with Crippen LogP contribution in [0.4, 0.5) is 4.39 Å². The second kappa shape index (κ2) is 10.4. The fraction of sp³-hybridized carbons (Fsp3) is 0.182. The summed E-state index contributed by atoms with van der Waals surface area (Å²) in [7, 11) is 0. The third-order valence-electron chi connectivity index (χ3n) is 7.25. The molecule has 0 saturated heterocycles. The molecule has 6 aromatic rings. The van der Waals surface area contributed by atoms with Gasteiger partial charge in [0.15, 0.2) is 5.82 Å². The van der Waals surface area contributed by atoms with Gasteiger partial charge >= 0.3 is 0 Å². The summed E-state index contributed by atoms with van der Waals surface area (Å²) in [5.41, 5.74) is 9.93. The first-order chi connectivity index (χ1) is 18.4. The topological polar surface area (TPSA) is 51.8 Å². The molecule has 7 rings (SSSR count). The standard InChI is InChI=1S/C18H12FN2O.C15H14N.Ir/c1-2-11-6-7-21-15(8-11)12-4-3-5-13-17-14(19)9-20-10-16(17)22-18(12)13;1-10-8-13-14(16-9-10)11-6-4-5-7-12(11)15(13,2)3;/h3,5-10H,2H2,1H3;4-5,7-9H,1-3H3;/q2*-1;. The first kappa shape index (κ1) is 26.9. The number of rotatable bonds is 2. The molecule has 0 aliphatic heterocycles. The smallest absolute Gasteiger partial charge is 0.151 e. The first-order valence-corrected chi connectivity index (χ1v) is 12.7. The summed E-state index contributed by atoms with van der Waals surface area (Å²) < 4.78 is 19.9. The zero-order valence-electron chi connectivity index (χ0n) is 22.1. The first-order valence-electron chi connectivity index (χ1n) is 12.7. The summed E-state index contributed by atoms with van der Waals surface area (Å²) in [5, 5.41) is 1.17. The Morgan fingerprint density at radius 3 is 2.59 bits per heavy atom. The van der Waals surface area contributed by atoms with Crippen molar-refractivity contribution in [3.63, 3.8) is 0 Å². The van der Waals surface area contributed by atoms with Gasteiger partial charge in [0.25, 0.3) is 0 Å². The van der Waals surface area contributed by atoms with Gasteiger partial charge in [0.1, 0.15) is 5.58 Å². The molecule has 2 aromatic carbocycles. The number of pyridine rings is 3.